The molecule has 0 bridgehead atoms. The average molecular weight is 477 g/mol. The number of carboxylic acid groups (broad SMARTS) is 1. The molecule has 0 aliphatic heterocycles. The van der Waals surface area contributed by atoms with Gasteiger partial charge in [0.25, 0.3) is 5.56 Å². The van der Waals surface area contributed by atoms with Crippen LogP contribution in [0.5, 0.6) is 5.88 Å². The molecule has 0 aliphatic rings. The maximum Gasteiger partial charge on any atom is 0.416 e. The van der Waals surface area contributed by atoms with Crippen LogP contribution in [0.25, 0.3) is 0 Å². The fraction of sp³-hybridized carbons (Fsp3) is 0.182. The van der Waals surface area contributed by atoms with E-state index in [1.54, 1.807) is 30.3 Å². The fourth-order valence-corrected chi connectivity index (χ4v) is 3.20. The molecule has 0 radical (unpaired) electrons. The predicted molar refractivity (Wildman–Crippen MR) is 113 cm³/mol. The number of alkyl halides is 3. The van der Waals surface area contributed by atoms with Crippen molar-refractivity contribution in [1.82, 2.24) is 9.13 Å². The van der Waals surface area contributed by atoms with Crippen LogP contribution in [0.15, 0.2) is 64.2 Å². The first kappa shape index (κ1) is 24.5. The molecule has 0 amide bonds. The lowest BCUT2D eigenvalue weighted by atomic mass is 10.1. The molecule has 0 spiro atoms. The van der Waals surface area contributed by atoms with Crippen LogP contribution in [0.2, 0.25) is 0 Å². The van der Waals surface area contributed by atoms with E-state index in [4.69, 9.17) is 10.8 Å². The van der Waals surface area contributed by atoms with Crippen LogP contribution in [0.3, 0.4) is 0 Å². The Bertz CT molecular complexity index is 1350. The van der Waals surface area contributed by atoms with Crippen molar-refractivity contribution in [3.63, 3.8) is 0 Å². The molecule has 9 nitrogen and oxygen atoms in total. The molecule has 1 unspecified atom stereocenters. The second-order valence-electron chi connectivity index (χ2n) is 7.32. The van der Waals surface area contributed by atoms with E-state index in [1.807, 2.05) is 0 Å². The van der Waals surface area contributed by atoms with Crippen molar-refractivity contribution < 1.29 is 33.0 Å². The second-order valence-corrected chi connectivity index (χ2v) is 7.32. The molecule has 1 atom stereocenters. The first-order valence-electron chi connectivity index (χ1n) is 9.71. The third-order valence-electron chi connectivity index (χ3n) is 5.00. The average Bonchev–Trinajstić information content (AvgIpc) is 2.79. The number of nitrogens with zero attached hydrogens (tertiary/aromatic N) is 2. The first-order valence-corrected chi connectivity index (χ1v) is 9.71. The summed E-state index contributed by atoms with van der Waals surface area (Å²) in [6.45, 7) is -0.838. The Morgan fingerprint density at radius 3 is 1.97 bits per heavy atom. The fourth-order valence-electron chi connectivity index (χ4n) is 3.20. The molecule has 0 aliphatic carbocycles. The smallest absolute Gasteiger partial charge is 0.416 e. The van der Waals surface area contributed by atoms with E-state index < -0.39 is 58.8 Å². The summed E-state index contributed by atoms with van der Waals surface area (Å²) in [7, 11) is 0. The number of Topliss-reactive ketones (excluding diaryl/α,β-unsaturated/α-hetero) is 1. The number of carbonyl (C=O) groups is 2. The van der Waals surface area contributed by atoms with Gasteiger partial charge in [-0.3, -0.25) is 23.5 Å². The van der Waals surface area contributed by atoms with E-state index in [-0.39, 0.29) is 12.1 Å². The predicted octanol–water partition coefficient (Wildman–Crippen LogP) is 1.43. The van der Waals surface area contributed by atoms with Crippen LogP contribution in [0.1, 0.15) is 27.0 Å². The molecule has 4 N–H and O–H groups in total. The van der Waals surface area contributed by atoms with Gasteiger partial charge in [-0.15, -0.1) is 0 Å². The van der Waals surface area contributed by atoms with E-state index in [0.29, 0.717) is 14.7 Å². The lowest BCUT2D eigenvalue weighted by molar-refractivity contribution is -0.138. The number of hydrogen-bond acceptors (Lipinski definition) is 6. The molecular formula is C22H18F3N3O6. The van der Waals surface area contributed by atoms with Crippen LogP contribution < -0.4 is 17.0 Å². The summed E-state index contributed by atoms with van der Waals surface area (Å²) in [4.78, 5) is 49.8. The van der Waals surface area contributed by atoms with Gasteiger partial charge >= 0.3 is 17.8 Å². The highest BCUT2D eigenvalue weighted by atomic mass is 19.4. The molecule has 0 saturated carbocycles. The summed E-state index contributed by atoms with van der Waals surface area (Å²) in [6, 6.07) is 9.60. The summed E-state index contributed by atoms with van der Waals surface area (Å²) >= 11 is 0. The highest BCUT2D eigenvalue weighted by molar-refractivity contribution is 6.12. The van der Waals surface area contributed by atoms with E-state index in [2.05, 4.69) is 0 Å². The number of benzene rings is 2. The zero-order chi connectivity index (χ0) is 25.2. The third kappa shape index (κ3) is 4.91. The van der Waals surface area contributed by atoms with Crippen molar-refractivity contribution in [2.75, 3.05) is 0 Å². The minimum atomic E-state index is -4.59. The van der Waals surface area contributed by atoms with Gasteiger partial charge in [0.05, 0.1) is 18.7 Å². The van der Waals surface area contributed by atoms with Gasteiger partial charge in [0.1, 0.15) is 5.56 Å². The van der Waals surface area contributed by atoms with Crippen molar-refractivity contribution in [3.8, 4) is 5.88 Å². The number of aromatic hydroxyl groups is 1. The number of aromatic nitrogens is 2. The standard InChI is InChI=1S/C22H18F3N3O6/c23-22(24,25)14-8-6-13(7-9-14)11-28-19(31)15(17(29)16(26)20(32)33)18(30)27(21(28)34)10-12-4-2-1-3-5-12/h1-9,16,30H,10-11,26H2,(H,32,33). The summed E-state index contributed by atoms with van der Waals surface area (Å²) in [5.74, 6) is -4.26. The maximum absolute atomic E-state index is 13.1. The molecule has 2 aromatic carbocycles. The summed E-state index contributed by atoms with van der Waals surface area (Å²) < 4.78 is 39.7. The van der Waals surface area contributed by atoms with Gasteiger partial charge in [0, 0.05) is 0 Å². The van der Waals surface area contributed by atoms with Crippen LogP contribution >= 0.6 is 0 Å². The number of aliphatic carboxylic acids is 1. The normalized spacial score (nSPS) is 12.4. The van der Waals surface area contributed by atoms with Gasteiger partial charge in [-0.05, 0) is 23.3 Å². The Labute approximate surface area is 189 Å². The first-order chi connectivity index (χ1) is 15.9. The Morgan fingerprint density at radius 1 is 0.912 bits per heavy atom. The van der Waals surface area contributed by atoms with Gasteiger partial charge < -0.3 is 15.9 Å². The van der Waals surface area contributed by atoms with E-state index in [1.165, 1.54) is 0 Å². The van der Waals surface area contributed by atoms with Crippen molar-refractivity contribution in [2.24, 2.45) is 5.73 Å². The lowest BCUT2D eigenvalue weighted by Crippen LogP contribution is -2.47. The third-order valence-corrected chi connectivity index (χ3v) is 5.00. The molecule has 3 aromatic rings. The molecule has 0 fully saturated rings. The van der Waals surface area contributed by atoms with Crippen LogP contribution in [-0.2, 0) is 24.1 Å². The molecule has 178 valence electrons. The number of ketones is 1. The van der Waals surface area contributed by atoms with Crippen LogP contribution in [0.4, 0.5) is 13.2 Å². The molecule has 34 heavy (non-hydrogen) atoms. The van der Waals surface area contributed by atoms with Gasteiger partial charge in [-0.2, -0.15) is 13.2 Å². The van der Waals surface area contributed by atoms with Crippen LogP contribution in [0, 0.1) is 0 Å². The minimum absolute atomic E-state index is 0.116. The van der Waals surface area contributed by atoms with E-state index in [0.717, 1.165) is 24.3 Å². The summed E-state index contributed by atoms with van der Waals surface area (Å²) in [5.41, 5.74) is 1.59. The van der Waals surface area contributed by atoms with Gasteiger partial charge in [0.15, 0.2) is 6.04 Å². The van der Waals surface area contributed by atoms with Gasteiger partial charge in [-0.25, -0.2) is 4.79 Å². The summed E-state index contributed by atoms with van der Waals surface area (Å²) in [6.07, 6.45) is -4.59. The zero-order valence-electron chi connectivity index (χ0n) is 17.3. The number of halogens is 3. The number of nitrogens with two attached hydrogens (primary N) is 1. The van der Waals surface area contributed by atoms with Crippen molar-refractivity contribution in [3.05, 3.63) is 97.7 Å². The quantitative estimate of drug-likeness (QED) is 0.345. The number of carboxylic acids is 1. The van der Waals surface area contributed by atoms with Gasteiger partial charge in [0.2, 0.25) is 11.7 Å². The summed E-state index contributed by atoms with van der Waals surface area (Å²) in [5, 5.41) is 19.6. The highest BCUT2D eigenvalue weighted by Crippen LogP contribution is 2.29. The number of carbonyl (C=O) groups excluding carboxylic acids is 1. The van der Waals surface area contributed by atoms with Gasteiger partial charge in [-0.1, -0.05) is 42.5 Å². The number of hydrogen-bond donors (Lipinski definition) is 3. The van der Waals surface area contributed by atoms with Crippen LogP contribution in [-0.4, -0.2) is 37.1 Å². The lowest BCUT2D eigenvalue weighted by Gasteiger charge is -2.16. The largest absolute Gasteiger partial charge is 0.494 e. The maximum atomic E-state index is 13.1. The molecule has 12 heteroatoms. The molecular weight excluding hydrogens is 459 g/mol. The van der Waals surface area contributed by atoms with Crippen molar-refractivity contribution in [1.29, 1.82) is 0 Å². The number of rotatable bonds is 7. The Balaban J connectivity index is 2.18. The minimum Gasteiger partial charge on any atom is -0.494 e. The Hall–Kier alpha value is -4.19. The topological polar surface area (TPSA) is 145 Å². The molecule has 1 aromatic heterocycles. The Kier molecular flexibility index (Phi) is 6.73. The highest BCUT2D eigenvalue weighted by Gasteiger charge is 2.32. The SMILES string of the molecule is NC(C(=O)O)C(=O)c1c(O)n(Cc2ccccc2)c(=O)n(Cc2ccc(C(F)(F)F)cc2)c1=O. The van der Waals surface area contributed by atoms with Crippen molar-refractivity contribution >= 4 is 11.8 Å². The molecule has 0 saturated heterocycles. The molecule has 3 rings (SSSR count). The Morgan fingerprint density at radius 2 is 1.44 bits per heavy atom. The second kappa shape index (κ2) is 9.35. The van der Waals surface area contributed by atoms with Crippen molar-refractivity contribution in [2.45, 2.75) is 25.3 Å². The van der Waals surface area contributed by atoms with E-state index in [9.17, 15) is 37.5 Å². The monoisotopic (exact) mass is 477 g/mol. The molecule has 1 heterocycles. The van der Waals surface area contributed by atoms with E-state index >= 15 is 0 Å². The zero-order valence-corrected chi connectivity index (χ0v) is 17.3.